The van der Waals surface area contributed by atoms with Gasteiger partial charge in [0.15, 0.2) is 0 Å². The third-order valence-electron chi connectivity index (χ3n) is 3.30. The molecule has 4 heteroatoms. The summed E-state index contributed by atoms with van der Waals surface area (Å²) in [4.78, 5) is 13.4. The second-order valence-corrected chi connectivity index (χ2v) is 4.36. The van der Waals surface area contributed by atoms with Crippen LogP contribution in [0, 0.1) is 5.92 Å². The summed E-state index contributed by atoms with van der Waals surface area (Å²) < 4.78 is 0. The molecular weight excluding hydrogens is 178 g/mol. The predicted octanol–water partition coefficient (Wildman–Crippen LogP) is -0.454. The molecule has 1 amide bonds. The number of likely N-dealkylation sites (tertiary alicyclic amines) is 1. The highest BCUT2D eigenvalue weighted by molar-refractivity contribution is 5.78. The van der Waals surface area contributed by atoms with E-state index < -0.39 is 0 Å². The number of rotatable bonds is 2. The molecule has 0 radical (unpaired) electrons. The molecule has 2 rings (SSSR count). The van der Waals surface area contributed by atoms with Crippen molar-refractivity contribution in [1.82, 2.24) is 10.2 Å². The van der Waals surface area contributed by atoms with Gasteiger partial charge in [-0.25, -0.2) is 0 Å². The molecule has 0 saturated carbocycles. The minimum absolute atomic E-state index is 0.220. The molecule has 0 aliphatic carbocycles. The highest BCUT2D eigenvalue weighted by atomic mass is 16.2. The fourth-order valence-electron chi connectivity index (χ4n) is 2.34. The van der Waals surface area contributed by atoms with Crippen LogP contribution in [0.3, 0.4) is 0 Å². The van der Waals surface area contributed by atoms with Crippen LogP contribution in [-0.4, -0.2) is 43.0 Å². The first-order valence-corrected chi connectivity index (χ1v) is 5.51. The molecule has 2 atom stereocenters. The third-order valence-corrected chi connectivity index (χ3v) is 3.30. The standard InChI is InChI=1S/C10H19N3O/c11-9-6-12-4-3-8(9)7-13-5-1-2-10(13)14/h8-9,12H,1-7,11H2. The molecule has 0 aromatic heterocycles. The first-order chi connectivity index (χ1) is 6.77. The van der Waals surface area contributed by atoms with E-state index in [1.165, 1.54) is 0 Å². The topological polar surface area (TPSA) is 58.4 Å². The highest BCUT2D eigenvalue weighted by Gasteiger charge is 2.27. The monoisotopic (exact) mass is 197 g/mol. The molecule has 0 aromatic carbocycles. The van der Waals surface area contributed by atoms with Crippen molar-refractivity contribution in [3.63, 3.8) is 0 Å². The quantitative estimate of drug-likeness (QED) is 0.630. The molecule has 3 N–H and O–H groups in total. The van der Waals surface area contributed by atoms with E-state index in [4.69, 9.17) is 5.73 Å². The lowest BCUT2D eigenvalue weighted by molar-refractivity contribution is -0.128. The summed E-state index contributed by atoms with van der Waals surface area (Å²) in [6.45, 7) is 3.75. The maximum atomic E-state index is 11.4. The van der Waals surface area contributed by atoms with Gasteiger partial charge in [-0.15, -0.1) is 0 Å². The van der Waals surface area contributed by atoms with Crippen LogP contribution in [-0.2, 0) is 4.79 Å². The van der Waals surface area contributed by atoms with Crippen molar-refractivity contribution in [2.45, 2.75) is 25.3 Å². The summed E-state index contributed by atoms with van der Waals surface area (Å²) in [5.41, 5.74) is 6.00. The van der Waals surface area contributed by atoms with E-state index in [1.807, 2.05) is 4.90 Å². The first kappa shape index (κ1) is 9.93. The summed E-state index contributed by atoms with van der Waals surface area (Å²) in [5.74, 6) is 0.814. The third kappa shape index (κ3) is 2.07. The zero-order valence-corrected chi connectivity index (χ0v) is 8.54. The minimum Gasteiger partial charge on any atom is -0.342 e. The molecule has 2 saturated heterocycles. The number of nitrogens with two attached hydrogens (primary N) is 1. The SMILES string of the molecule is NC1CNCCC1CN1CCCC1=O. The summed E-state index contributed by atoms with van der Waals surface area (Å²) in [6, 6.07) is 0.220. The fraction of sp³-hybridized carbons (Fsp3) is 0.900. The van der Waals surface area contributed by atoms with Gasteiger partial charge in [0.05, 0.1) is 0 Å². The lowest BCUT2D eigenvalue weighted by Gasteiger charge is -2.32. The van der Waals surface area contributed by atoms with Gasteiger partial charge in [-0.05, 0) is 25.3 Å². The molecule has 0 bridgehead atoms. The zero-order chi connectivity index (χ0) is 9.97. The number of hydrogen-bond donors (Lipinski definition) is 2. The van der Waals surface area contributed by atoms with Crippen molar-refractivity contribution in [1.29, 1.82) is 0 Å². The first-order valence-electron chi connectivity index (χ1n) is 5.51. The van der Waals surface area contributed by atoms with E-state index in [9.17, 15) is 4.79 Å². The maximum Gasteiger partial charge on any atom is 0.222 e. The highest BCUT2D eigenvalue weighted by Crippen LogP contribution is 2.17. The van der Waals surface area contributed by atoms with Crippen molar-refractivity contribution in [3.05, 3.63) is 0 Å². The van der Waals surface area contributed by atoms with Gasteiger partial charge in [-0.3, -0.25) is 4.79 Å². The number of carbonyl (C=O) groups excluding carboxylic acids is 1. The molecule has 2 fully saturated rings. The van der Waals surface area contributed by atoms with Crippen molar-refractivity contribution in [2.24, 2.45) is 11.7 Å². The number of piperidine rings is 1. The number of hydrogen-bond acceptors (Lipinski definition) is 3. The molecule has 2 unspecified atom stereocenters. The van der Waals surface area contributed by atoms with Crippen LogP contribution in [0.2, 0.25) is 0 Å². The average Bonchev–Trinajstić information content (AvgIpc) is 2.56. The van der Waals surface area contributed by atoms with Gasteiger partial charge in [0.25, 0.3) is 0 Å². The van der Waals surface area contributed by atoms with E-state index in [-0.39, 0.29) is 6.04 Å². The molecule has 14 heavy (non-hydrogen) atoms. The van der Waals surface area contributed by atoms with Crippen LogP contribution in [0.1, 0.15) is 19.3 Å². The molecule has 0 spiro atoms. The Kier molecular flexibility index (Phi) is 3.03. The Labute approximate surface area is 84.8 Å². The summed E-state index contributed by atoms with van der Waals surface area (Å²) >= 11 is 0. The molecule has 2 aliphatic rings. The van der Waals surface area contributed by atoms with Gasteiger partial charge in [0, 0.05) is 32.1 Å². The maximum absolute atomic E-state index is 11.4. The van der Waals surface area contributed by atoms with Crippen LogP contribution in [0.4, 0.5) is 0 Å². The number of carbonyl (C=O) groups is 1. The van der Waals surface area contributed by atoms with Gasteiger partial charge in [-0.2, -0.15) is 0 Å². The van der Waals surface area contributed by atoms with E-state index in [0.29, 0.717) is 11.8 Å². The Bertz CT molecular complexity index is 219. The lowest BCUT2D eigenvalue weighted by Crippen LogP contribution is -2.50. The second-order valence-electron chi connectivity index (χ2n) is 4.36. The number of amides is 1. The predicted molar refractivity (Wildman–Crippen MR) is 54.8 cm³/mol. The van der Waals surface area contributed by atoms with Crippen molar-refractivity contribution < 1.29 is 4.79 Å². The van der Waals surface area contributed by atoms with Crippen molar-refractivity contribution in [3.8, 4) is 0 Å². The molecule has 4 nitrogen and oxygen atoms in total. The van der Waals surface area contributed by atoms with Crippen LogP contribution >= 0.6 is 0 Å². The average molecular weight is 197 g/mol. The normalized spacial score (nSPS) is 33.8. The zero-order valence-electron chi connectivity index (χ0n) is 8.54. The van der Waals surface area contributed by atoms with Crippen LogP contribution in [0.25, 0.3) is 0 Å². The van der Waals surface area contributed by atoms with Gasteiger partial charge in [0.2, 0.25) is 5.91 Å². The van der Waals surface area contributed by atoms with Crippen LogP contribution in [0.5, 0.6) is 0 Å². The Morgan fingerprint density at radius 3 is 3.07 bits per heavy atom. The minimum atomic E-state index is 0.220. The van der Waals surface area contributed by atoms with Crippen LogP contribution in [0.15, 0.2) is 0 Å². The number of nitrogens with zero attached hydrogens (tertiary/aromatic N) is 1. The van der Waals surface area contributed by atoms with E-state index in [2.05, 4.69) is 5.32 Å². The molecule has 80 valence electrons. The number of nitrogens with one attached hydrogen (secondary N) is 1. The Hall–Kier alpha value is -0.610. The van der Waals surface area contributed by atoms with Crippen LogP contribution < -0.4 is 11.1 Å². The molecular formula is C10H19N3O. The summed E-state index contributed by atoms with van der Waals surface area (Å²) in [5, 5.41) is 3.27. The van der Waals surface area contributed by atoms with E-state index in [1.54, 1.807) is 0 Å². The molecule has 2 heterocycles. The van der Waals surface area contributed by atoms with Gasteiger partial charge in [0.1, 0.15) is 0 Å². The van der Waals surface area contributed by atoms with Gasteiger partial charge in [-0.1, -0.05) is 0 Å². The Morgan fingerprint density at radius 1 is 1.57 bits per heavy atom. The van der Waals surface area contributed by atoms with Crippen molar-refractivity contribution >= 4 is 5.91 Å². The Balaban J connectivity index is 1.86. The Morgan fingerprint density at radius 2 is 2.43 bits per heavy atom. The molecule has 0 aromatic rings. The van der Waals surface area contributed by atoms with E-state index >= 15 is 0 Å². The summed E-state index contributed by atoms with van der Waals surface area (Å²) in [7, 11) is 0. The van der Waals surface area contributed by atoms with Crippen molar-refractivity contribution in [2.75, 3.05) is 26.2 Å². The van der Waals surface area contributed by atoms with Gasteiger partial charge < -0.3 is 16.0 Å². The van der Waals surface area contributed by atoms with Gasteiger partial charge >= 0.3 is 0 Å². The molecule has 2 aliphatic heterocycles. The second kappa shape index (κ2) is 4.28. The lowest BCUT2D eigenvalue weighted by atomic mass is 9.93. The largest absolute Gasteiger partial charge is 0.342 e. The summed E-state index contributed by atoms with van der Waals surface area (Å²) in [6.07, 6.45) is 2.87. The fourth-order valence-corrected chi connectivity index (χ4v) is 2.34. The smallest absolute Gasteiger partial charge is 0.222 e. The van der Waals surface area contributed by atoms with E-state index in [0.717, 1.165) is 45.4 Å².